The lowest BCUT2D eigenvalue weighted by Gasteiger charge is -2.10. The number of phenols is 1. The van der Waals surface area contributed by atoms with E-state index in [-0.39, 0.29) is 5.56 Å². The van der Waals surface area contributed by atoms with E-state index in [0.29, 0.717) is 0 Å². The summed E-state index contributed by atoms with van der Waals surface area (Å²) >= 11 is 0. The minimum absolute atomic E-state index is 0.236. The van der Waals surface area contributed by atoms with E-state index >= 15 is 0 Å². The van der Waals surface area contributed by atoms with Crippen molar-refractivity contribution in [3.05, 3.63) is 29.8 Å². The van der Waals surface area contributed by atoms with Crippen LogP contribution in [0.4, 0.5) is 13.2 Å². The maximum absolute atomic E-state index is 11.9. The summed E-state index contributed by atoms with van der Waals surface area (Å²) in [5.41, 5.74) is 0.236. The Morgan fingerprint density at radius 3 is 2.47 bits per heavy atom. The first-order valence-corrected chi connectivity index (χ1v) is 4.28. The zero-order chi connectivity index (χ0) is 13.1. The first-order valence-electron chi connectivity index (χ1n) is 4.28. The van der Waals surface area contributed by atoms with Crippen molar-refractivity contribution < 1.29 is 32.9 Å². The van der Waals surface area contributed by atoms with Gasteiger partial charge in [0.15, 0.2) is 11.5 Å². The fraction of sp³-hybridized carbons (Fsp3) is 0.100. The summed E-state index contributed by atoms with van der Waals surface area (Å²) in [5, 5.41) is 17.5. The van der Waals surface area contributed by atoms with Crippen LogP contribution in [0.5, 0.6) is 11.5 Å². The van der Waals surface area contributed by atoms with Gasteiger partial charge in [-0.05, 0) is 23.8 Å². The van der Waals surface area contributed by atoms with Crippen molar-refractivity contribution in [2.75, 3.05) is 0 Å². The van der Waals surface area contributed by atoms with Crippen molar-refractivity contribution in [3.63, 3.8) is 0 Å². The molecule has 0 saturated carbocycles. The number of carboxylic acid groups (broad SMARTS) is 1. The van der Waals surface area contributed by atoms with E-state index in [1.807, 2.05) is 0 Å². The molecular formula is C10H7F3O4. The zero-order valence-corrected chi connectivity index (χ0v) is 8.23. The van der Waals surface area contributed by atoms with Gasteiger partial charge in [-0.1, -0.05) is 6.07 Å². The maximum Gasteiger partial charge on any atom is 0.573 e. The van der Waals surface area contributed by atoms with Gasteiger partial charge < -0.3 is 14.9 Å². The molecule has 0 atom stereocenters. The van der Waals surface area contributed by atoms with E-state index in [0.717, 1.165) is 24.3 Å². The number of phenolic OH excluding ortho intramolecular Hbond substituents is 1. The molecule has 0 spiro atoms. The van der Waals surface area contributed by atoms with Crippen LogP contribution in [-0.2, 0) is 4.79 Å². The molecule has 4 nitrogen and oxygen atoms in total. The Bertz CT molecular complexity index is 451. The molecule has 0 heterocycles. The highest BCUT2D eigenvalue weighted by Gasteiger charge is 2.32. The Labute approximate surface area is 93.6 Å². The number of rotatable bonds is 3. The number of hydrogen-bond acceptors (Lipinski definition) is 3. The van der Waals surface area contributed by atoms with Crippen molar-refractivity contribution in [3.8, 4) is 11.5 Å². The van der Waals surface area contributed by atoms with Crippen molar-refractivity contribution in [1.29, 1.82) is 0 Å². The van der Waals surface area contributed by atoms with Crippen LogP contribution in [0.15, 0.2) is 24.3 Å². The maximum atomic E-state index is 11.9. The van der Waals surface area contributed by atoms with Crippen LogP contribution in [0, 0.1) is 0 Å². The van der Waals surface area contributed by atoms with Crippen LogP contribution in [0.2, 0.25) is 0 Å². The molecule has 0 aromatic heterocycles. The number of halogens is 3. The van der Waals surface area contributed by atoms with Crippen LogP contribution in [0.3, 0.4) is 0 Å². The molecule has 0 saturated heterocycles. The summed E-state index contributed by atoms with van der Waals surface area (Å²) in [4.78, 5) is 10.2. The molecule has 0 radical (unpaired) electrons. The molecule has 2 N–H and O–H groups in total. The van der Waals surface area contributed by atoms with Crippen LogP contribution in [-0.4, -0.2) is 22.5 Å². The highest BCUT2D eigenvalue weighted by molar-refractivity contribution is 5.85. The predicted octanol–water partition coefficient (Wildman–Crippen LogP) is 2.39. The molecule has 0 aliphatic rings. The number of alkyl halides is 3. The van der Waals surface area contributed by atoms with Crippen molar-refractivity contribution in [1.82, 2.24) is 0 Å². The Balaban J connectivity index is 2.90. The highest BCUT2D eigenvalue weighted by atomic mass is 19.4. The van der Waals surface area contributed by atoms with E-state index in [1.165, 1.54) is 6.07 Å². The number of hydrogen-bond donors (Lipinski definition) is 2. The lowest BCUT2D eigenvalue weighted by Crippen LogP contribution is -2.17. The van der Waals surface area contributed by atoms with E-state index in [4.69, 9.17) is 5.11 Å². The van der Waals surface area contributed by atoms with E-state index in [9.17, 15) is 23.1 Å². The number of ether oxygens (including phenoxy) is 1. The van der Waals surface area contributed by atoms with Crippen LogP contribution in [0.1, 0.15) is 5.56 Å². The number of aliphatic carboxylic acids is 1. The van der Waals surface area contributed by atoms with E-state index < -0.39 is 23.8 Å². The molecule has 92 valence electrons. The van der Waals surface area contributed by atoms with Crippen LogP contribution >= 0.6 is 0 Å². The molecule has 0 unspecified atom stereocenters. The van der Waals surface area contributed by atoms with Gasteiger partial charge in [0.1, 0.15) is 0 Å². The van der Waals surface area contributed by atoms with Gasteiger partial charge in [-0.2, -0.15) is 0 Å². The average molecular weight is 248 g/mol. The molecule has 1 rings (SSSR count). The van der Waals surface area contributed by atoms with Gasteiger partial charge in [0.25, 0.3) is 0 Å². The fourth-order valence-corrected chi connectivity index (χ4v) is 1.02. The van der Waals surface area contributed by atoms with Gasteiger partial charge in [0.2, 0.25) is 0 Å². The standard InChI is InChI=1S/C10H7F3O4/c11-10(12,13)17-8-3-1-6(5-7(8)14)2-4-9(15)16/h1-5,14H,(H,15,16)/b4-2+. The minimum atomic E-state index is -4.89. The molecule has 1 aromatic rings. The number of benzene rings is 1. The lowest BCUT2D eigenvalue weighted by molar-refractivity contribution is -0.275. The Morgan fingerprint density at radius 2 is 2.00 bits per heavy atom. The quantitative estimate of drug-likeness (QED) is 0.806. The first kappa shape index (κ1) is 12.9. The van der Waals surface area contributed by atoms with Crippen LogP contribution < -0.4 is 4.74 Å². The lowest BCUT2D eigenvalue weighted by atomic mass is 10.2. The average Bonchev–Trinajstić information content (AvgIpc) is 2.17. The summed E-state index contributed by atoms with van der Waals surface area (Å²) in [6.45, 7) is 0. The van der Waals surface area contributed by atoms with Gasteiger partial charge in [0, 0.05) is 6.08 Å². The third kappa shape index (κ3) is 4.45. The molecule has 17 heavy (non-hydrogen) atoms. The number of carboxylic acids is 1. The van der Waals surface area contributed by atoms with Gasteiger partial charge in [0.05, 0.1) is 0 Å². The van der Waals surface area contributed by atoms with E-state index in [2.05, 4.69) is 4.74 Å². The second kappa shape index (κ2) is 4.77. The Morgan fingerprint density at radius 1 is 1.35 bits per heavy atom. The summed E-state index contributed by atoms with van der Waals surface area (Å²) < 4.78 is 39.1. The topological polar surface area (TPSA) is 66.8 Å². The van der Waals surface area contributed by atoms with Crippen molar-refractivity contribution >= 4 is 12.0 Å². The third-order valence-electron chi connectivity index (χ3n) is 1.63. The van der Waals surface area contributed by atoms with Gasteiger partial charge in [-0.15, -0.1) is 13.2 Å². The minimum Gasteiger partial charge on any atom is -0.504 e. The predicted molar refractivity (Wildman–Crippen MR) is 51.5 cm³/mol. The van der Waals surface area contributed by atoms with Crippen molar-refractivity contribution in [2.45, 2.75) is 6.36 Å². The third-order valence-corrected chi connectivity index (χ3v) is 1.63. The zero-order valence-electron chi connectivity index (χ0n) is 8.23. The first-order chi connectivity index (χ1) is 7.78. The second-order valence-electron chi connectivity index (χ2n) is 2.95. The Hall–Kier alpha value is -2.18. The summed E-state index contributed by atoms with van der Waals surface area (Å²) in [6, 6.07) is 3.03. The summed E-state index contributed by atoms with van der Waals surface area (Å²) in [6.07, 6.45) is -2.98. The summed E-state index contributed by atoms with van der Waals surface area (Å²) in [7, 11) is 0. The molecule has 0 bridgehead atoms. The smallest absolute Gasteiger partial charge is 0.504 e. The van der Waals surface area contributed by atoms with Crippen molar-refractivity contribution in [2.24, 2.45) is 0 Å². The Kier molecular flexibility index (Phi) is 3.62. The van der Waals surface area contributed by atoms with Gasteiger partial charge in [-0.25, -0.2) is 4.79 Å². The molecule has 0 aliphatic carbocycles. The summed E-state index contributed by atoms with van der Waals surface area (Å²) in [5.74, 6) is -2.68. The van der Waals surface area contributed by atoms with Gasteiger partial charge >= 0.3 is 12.3 Å². The van der Waals surface area contributed by atoms with Gasteiger partial charge in [-0.3, -0.25) is 0 Å². The molecule has 7 heteroatoms. The molecule has 1 aromatic carbocycles. The van der Waals surface area contributed by atoms with Crippen LogP contribution in [0.25, 0.3) is 6.08 Å². The molecule has 0 fully saturated rings. The SMILES string of the molecule is O=C(O)/C=C/c1ccc(OC(F)(F)F)c(O)c1. The fourth-order valence-electron chi connectivity index (χ4n) is 1.02. The largest absolute Gasteiger partial charge is 0.573 e. The highest BCUT2D eigenvalue weighted by Crippen LogP contribution is 2.32. The number of carbonyl (C=O) groups is 1. The second-order valence-corrected chi connectivity index (χ2v) is 2.95. The molecule has 0 aliphatic heterocycles. The molecular weight excluding hydrogens is 241 g/mol. The van der Waals surface area contributed by atoms with E-state index in [1.54, 1.807) is 0 Å². The monoisotopic (exact) mass is 248 g/mol. The number of aromatic hydroxyl groups is 1. The normalized spacial score (nSPS) is 11.7. The molecule has 0 amide bonds.